The van der Waals surface area contributed by atoms with Gasteiger partial charge in [0.25, 0.3) is 0 Å². The molecule has 112 valence electrons. The third-order valence-corrected chi connectivity index (χ3v) is 4.28. The quantitative estimate of drug-likeness (QED) is 0.938. The minimum atomic E-state index is -1.01. The predicted octanol–water partition coefficient (Wildman–Crippen LogP) is 2.45. The molecule has 2 heterocycles. The summed E-state index contributed by atoms with van der Waals surface area (Å²) in [4.78, 5) is 18.7. The number of hydrogen-bond donors (Lipinski definition) is 1. The zero-order chi connectivity index (χ0) is 15.0. The Hall–Kier alpha value is -1.88. The Kier molecular flexibility index (Phi) is 3.45. The van der Waals surface area contributed by atoms with Crippen molar-refractivity contribution in [1.29, 1.82) is 0 Å². The number of aromatic nitrogens is 2. The highest BCUT2D eigenvalue weighted by molar-refractivity contribution is 5.82. The lowest BCUT2D eigenvalue weighted by atomic mass is 10.1. The summed E-state index contributed by atoms with van der Waals surface area (Å²) in [7, 11) is 0. The Balaban J connectivity index is 2.11. The largest absolute Gasteiger partial charge is 0.480 e. The number of rotatable bonds is 4. The first kappa shape index (κ1) is 14.1. The number of imidazole rings is 1. The van der Waals surface area contributed by atoms with Crippen molar-refractivity contribution < 1.29 is 9.90 Å². The van der Waals surface area contributed by atoms with Gasteiger partial charge in [0.1, 0.15) is 11.4 Å². The predicted molar refractivity (Wildman–Crippen MR) is 81.2 cm³/mol. The van der Waals surface area contributed by atoms with E-state index in [2.05, 4.69) is 9.88 Å². The molecule has 0 spiro atoms. The molecule has 1 fully saturated rings. The Labute approximate surface area is 124 Å². The normalized spacial score (nSPS) is 16.7. The third kappa shape index (κ3) is 2.42. The monoisotopic (exact) mass is 287 g/mol. The van der Waals surface area contributed by atoms with Crippen LogP contribution in [-0.2, 0) is 16.9 Å². The zero-order valence-electron chi connectivity index (χ0n) is 12.5. The van der Waals surface area contributed by atoms with Crippen molar-refractivity contribution in [2.75, 3.05) is 13.1 Å². The highest BCUT2D eigenvalue weighted by Gasteiger charge is 2.33. The maximum absolute atomic E-state index is 11.7. The van der Waals surface area contributed by atoms with Crippen molar-refractivity contribution in [3.05, 3.63) is 30.1 Å². The van der Waals surface area contributed by atoms with Crippen molar-refractivity contribution in [1.82, 2.24) is 14.5 Å². The van der Waals surface area contributed by atoms with Crippen LogP contribution >= 0.6 is 0 Å². The van der Waals surface area contributed by atoms with Gasteiger partial charge in [-0.1, -0.05) is 12.1 Å². The molecule has 1 N–H and O–H groups in total. The van der Waals surface area contributed by atoms with Gasteiger partial charge in [-0.05, 0) is 51.9 Å². The molecule has 21 heavy (non-hydrogen) atoms. The molecule has 1 saturated heterocycles. The maximum atomic E-state index is 11.7. The number of carboxylic acids is 1. The molecule has 1 aromatic carbocycles. The van der Waals surface area contributed by atoms with Crippen LogP contribution in [0.1, 0.15) is 32.5 Å². The topological polar surface area (TPSA) is 58.4 Å². The molecule has 3 rings (SSSR count). The van der Waals surface area contributed by atoms with Crippen LogP contribution in [0.5, 0.6) is 0 Å². The van der Waals surface area contributed by atoms with Gasteiger partial charge in [0, 0.05) is 0 Å². The van der Waals surface area contributed by atoms with E-state index in [4.69, 9.17) is 0 Å². The van der Waals surface area contributed by atoms with Crippen LogP contribution < -0.4 is 0 Å². The third-order valence-electron chi connectivity index (χ3n) is 4.28. The van der Waals surface area contributed by atoms with Crippen molar-refractivity contribution in [3.63, 3.8) is 0 Å². The van der Waals surface area contributed by atoms with E-state index >= 15 is 0 Å². The Morgan fingerprint density at radius 2 is 1.95 bits per heavy atom. The molecule has 0 aliphatic carbocycles. The molecular formula is C16H21N3O2. The van der Waals surface area contributed by atoms with Gasteiger partial charge in [-0.3, -0.25) is 4.90 Å². The summed E-state index contributed by atoms with van der Waals surface area (Å²) >= 11 is 0. The van der Waals surface area contributed by atoms with E-state index in [0.29, 0.717) is 6.54 Å². The van der Waals surface area contributed by atoms with E-state index in [1.807, 2.05) is 28.8 Å². The molecule has 0 amide bonds. The van der Waals surface area contributed by atoms with E-state index in [1.54, 1.807) is 13.8 Å². The van der Waals surface area contributed by atoms with Gasteiger partial charge >= 0.3 is 5.97 Å². The van der Waals surface area contributed by atoms with Crippen molar-refractivity contribution >= 4 is 17.0 Å². The fourth-order valence-electron chi connectivity index (χ4n) is 3.04. The van der Waals surface area contributed by atoms with E-state index in [9.17, 15) is 9.90 Å². The second-order valence-electron chi connectivity index (χ2n) is 6.20. The number of aliphatic carboxylic acids is 1. The fourth-order valence-corrected chi connectivity index (χ4v) is 3.04. The Morgan fingerprint density at radius 3 is 2.62 bits per heavy atom. The number of carboxylic acid groups (broad SMARTS) is 1. The van der Waals surface area contributed by atoms with Crippen molar-refractivity contribution in [2.45, 2.75) is 38.8 Å². The molecule has 0 atom stereocenters. The van der Waals surface area contributed by atoms with Gasteiger partial charge in [-0.15, -0.1) is 0 Å². The molecule has 0 radical (unpaired) electrons. The summed E-state index contributed by atoms with van der Waals surface area (Å²) < 4.78 is 1.88. The van der Waals surface area contributed by atoms with Gasteiger partial charge in [-0.2, -0.15) is 0 Å². The van der Waals surface area contributed by atoms with E-state index in [0.717, 1.165) is 29.9 Å². The average Bonchev–Trinajstić information content (AvgIpc) is 3.05. The Morgan fingerprint density at radius 1 is 1.29 bits per heavy atom. The smallest absolute Gasteiger partial charge is 0.329 e. The standard InChI is InChI=1S/C16H21N3O2/c1-16(2,15(20)21)19-13-8-4-3-7-12(13)17-14(19)11-18-9-5-6-10-18/h3-4,7-8H,5-6,9-11H2,1-2H3,(H,20,21). The Bertz CT molecular complexity index is 669. The SMILES string of the molecule is CC(C)(C(=O)O)n1c(CN2CCCC2)nc2ccccc21. The van der Waals surface area contributed by atoms with Crippen LogP contribution in [0.25, 0.3) is 11.0 Å². The number of carbonyl (C=O) groups is 1. The van der Waals surface area contributed by atoms with E-state index < -0.39 is 11.5 Å². The first-order valence-electron chi connectivity index (χ1n) is 7.43. The van der Waals surface area contributed by atoms with Crippen LogP contribution in [0.4, 0.5) is 0 Å². The van der Waals surface area contributed by atoms with Gasteiger partial charge in [0.2, 0.25) is 0 Å². The lowest BCUT2D eigenvalue weighted by Gasteiger charge is -2.26. The second kappa shape index (κ2) is 5.15. The summed E-state index contributed by atoms with van der Waals surface area (Å²) in [6.45, 7) is 6.31. The molecule has 5 nitrogen and oxygen atoms in total. The number of nitrogens with zero attached hydrogens (tertiary/aromatic N) is 3. The minimum absolute atomic E-state index is 0.714. The molecule has 1 aliphatic heterocycles. The maximum Gasteiger partial charge on any atom is 0.329 e. The molecule has 1 aromatic heterocycles. The zero-order valence-corrected chi connectivity index (χ0v) is 12.5. The van der Waals surface area contributed by atoms with E-state index in [1.165, 1.54) is 12.8 Å². The molecule has 2 aromatic rings. The van der Waals surface area contributed by atoms with Crippen molar-refractivity contribution in [3.8, 4) is 0 Å². The lowest BCUT2D eigenvalue weighted by Crippen LogP contribution is -2.38. The first-order valence-corrected chi connectivity index (χ1v) is 7.43. The van der Waals surface area contributed by atoms with Crippen LogP contribution in [-0.4, -0.2) is 38.6 Å². The number of benzene rings is 1. The molecule has 1 aliphatic rings. The highest BCUT2D eigenvalue weighted by Crippen LogP contribution is 2.27. The van der Waals surface area contributed by atoms with Gasteiger partial charge in [0.05, 0.1) is 17.6 Å². The van der Waals surface area contributed by atoms with Gasteiger partial charge < -0.3 is 9.67 Å². The first-order chi connectivity index (χ1) is 10.00. The number of para-hydroxylation sites is 2. The molecular weight excluding hydrogens is 266 g/mol. The number of fused-ring (bicyclic) bond motifs is 1. The van der Waals surface area contributed by atoms with Crippen LogP contribution in [0.2, 0.25) is 0 Å². The minimum Gasteiger partial charge on any atom is -0.480 e. The van der Waals surface area contributed by atoms with Gasteiger partial charge in [0.15, 0.2) is 0 Å². The summed E-state index contributed by atoms with van der Waals surface area (Å²) in [5.74, 6) is -0.00109. The van der Waals surface area contributed by atoms with Crippen LogP contribution in [0.3, 0.4) is 0 Å². The lowest BCUT2D eigenvalue weighted by molar-refractivity contribution is -0.145. The molecule has 0 bridgehead atoms. The average molecular weight is 287 g/mol. The molecule has 5 heteroatoms. The molecule has 0 saturated carbocycles. The van der Waals surface area contributed by atoms with E-state index in [-0.39, 0.29) is 0 Å². The van der Waals surface area contributed by atoms with Crippen LogP contribution in [0, 0.1) is 0 Å². The van der Waals surface area contributed by atoms with Gasteiger partial charge in [-0.25, -0.2) is 9.78 Å². The highest BCUT2D eigenvalue weighted by atomic mass is 16.4. The number of likely N-dealkylation sites (tertiary alicyclic amines) is 1. The summed E-state index contributed by atoms with van der Waals surface area (Å²) in [5, 5.41) is 9.60. The van der Waals surface area contributed by atoms with Crippen molar-refractivity contribution in [2.24, 2.45) is 0 Å². The summed E-state index contributed by atoms with van der Waals surface area (Å²) in [5.41, 5.74) is 0.741. The number of hydrogen-bond acceptors (Lipinski definition) is 3. The second-order valence-corrected chi connectivity index (χ2v) is 6.20. The summed E-state index contributed by atoms with van der Waals surface area (Å²) in [6.07, 6.45) is 2.42. The fraction of sp³-hybridized carbons (Fsp3) is 0.500. The summed E-state index contributed by atoms with van der Waals surface area (Å²) in [6, 6.07) is 7.75. The van der Waals surface area contributed by atoms with Crippen LogP contribution in [0.15, 0.2) is 24.3 Å². The molecule has 0 unspecified atom stereocenters.